The van der Waals surface area contributed by atoms with Crippen LogP contribution in [0.1, 0.15) is 0 Å². The topological polar surface area (TPSA) is 117 Å². The summed E-state index contributed by atoms with van der Waals surface area (Å²) in [4.78, 5) is 24.6. The molecule has 0 unspecified atom stereocenters. The molecule has 23 rings (SSSR count). The summed E-state index contributed by atoms with van der Waals surface area (Å²) in [6, 6.07) is 120. The predicted molar refractivity (Wildman–Crippen MR) is 450 cm³/mol. The van der Waals surface area contributed by atoms with Crippen molar-refractivity contribution >= 4 is 131 Å². The SMILES string of the molecule is c1ccc(-c2cc(-c3ccc(-c4cccc5oc6c7ccccc7c(-c7cccc8c7oc7ccccc78)cc6c45)cc3)cc(-c3ccccn3)n2)nc1.c1ccc(-c2ccc3ccc4ccc(-c5cccc(-c6cccc7oc8c9ccccc9c(-c9cccc%10c9oc9ccccc9%10)cc8c67)c5)nc4c3n2)cc1. The van der Waals surface area contributed by atoms with Gasteiger partial charge in [0.2, 0.25) is 0 Å². The Hall–Kier alpha value is -14.9. The lowest BCUT2D eigenvalue weighted by atomic mass is 9.92. The van der Waals surface area contributed by atoms with E-state index in [1.54, 1.807) is 12.4 Å². The van der Waals surface area contributed by atoms with Gasteiger partial charge in [0.25, 0.3) is 0 Å². The van der Waals surface area contributed by atoms with Crippen molar-refractivity contribution in [2.24, 2.45) is 0 Å². The minimum atomic E-state index is 0.800. The number of furan rings is 4. The zero-order chi connectivity index (χ0) is 72.3. The van der Waals surface area contributed by atoms with E-state index in [9.17, 15) is 0 Å². The lowest BCUT2D eigenvalue weighted by Gasteiger charge is -2.11. The predicted octanol–water partition coefficient (Wildman–Crippen LogP) is 27.6. The van der Waals surface area contributed by atoms with E-state index in [4.69, 9.17) is 32.6 Å². The summed E-state index contributed by atoms with van der Waals surface area (Å²) in [5.41, 5.74) is 26.9. The normalized spacial score (nSPS) is 11.8. The van der Waals surface area contributed by atoms with E-state index in [1.165, 1.54) is 0 Å². The Bertz CT molecular complexity index is 7590. The molecule has 0 spiro atoms. The van der Waals surface area contributed by atoms with E-state index in [0.717, 1.165) is 232 Å². The van der Waals surface area contributed by atoms with Gasteiger partial charge in [0.15, 0.2) is 0 Å². The summed E-state index contributed by atoms with van der Waals surface area (Å²) in [5, 5.41) is 15.3. The van der Waals surface area contributed by atoms with Crippen LogP contribution in [0.2, 0.25) is 0 Å². The molecule has 9 heteroatoms. The second-order valence-electron chi connectivity index (χ2n) is 28.0. The molecule has 0 radical (unpaired) electrons. The first-order valence-electron chi connectivity index (χ1n) is 36.9. The van der Waals surface area contributed by atoms with Crippen LogP contribution >= 0.6 is 0 Å². The highest BCUT2D eigenvalue weighted by Gasteiger charge is 2.24. The minimum absolute atomic E-state index is 0.800. The Labute approximate surface area is 628 Å². The quantitative estimate of drug-likeness (QED) is 0.130. The average molecular weight is 1410 g/mol. The van der Waals surface area contributed by atoms with E-state index < -0.39 is 0 Å². The fourth-order valence-electron chi connectivity index (χ4n) is 16.5. The smallest absolute Gasteiger partial charge is 0.143 e. The maximum absolute atomic E-state index is 6.76. The molecular formula is C101H59N5O4. The molecule has 512 valence electrons. The molecule has 0 atom stereocenters. The number of hydrogen-bond donors (Lipinski definition) is 0. The summed E-state index contributed by atoms with van der Waals surface area (Å²) in [6.45, 7) is 0. The highest BCUT2D eigenvalue weighted by atomic mass is 16.3. The Balaban J connectivity index is 0.000000136. The number of benzene rings is 14. The Kier molecular flexibility index (Phi) is 14.4. The molecule has 0 bridgehead atoms. The van der Waals surface area contributed by atoms with Gasteiger partial charge in [0.05, 0.1) is 45.2 Å². The number of fused-ring (bicyclic) bond motifs is 19. The molecule has 0 aliphatic rings. The largest absolute Gasteiger partial charge is 0.455 e. The van der Waals surface area contributed by atoms with E-state index in [2.05, 4.69) is 277 Å². The zero-order valence-electron chi connectivity index (χ0n) is 58.9. The number of nitrogens with zero attached hydrogens (tertiary/aromatic N) is 5. The number of rotatable bonds is 9. The number of hydrogen-bond acceptors (Lipinski definition) is 9. The highest BCUT2D eigenvalue weighted by Crippen LogP contribution is 2.49. The first kappa shape index (κ1) is 62.4. The van der Waals surface area contributed by atoms with Crippen LogP contribution in [-0.2, 0) is 0 Å². The summed E-state index contributed by atoms with van der Waals surface area (Å²) in [7, 11) is 0. The van der Waals surface area contributed by atoms with Crippen molar-refractivity contribution < 1.29 is 17.7 Å². The molecule has 14 aromatic carbocycles. The lowest BCUT2D eigenvalue weighted by molar-refractivity contribution is 0.669. The third kappa shape index (κ3) is 10.4. The van der Waals surface area contributed by atoms with Gasteiger partial charge >= 0.3 is 0 Å². The van der Waals surface area contributed by atoms with Crippen LogP contribution in [0.15, 0.2) is 376 Å². The van der Waals surface area contributed by atoms with Crippen LogP contribution in [0, 0.1) is 0 Å². The standard InChI is InChI=1S/C52H30N2O2.C49H29N3O2/c1-2-11-31(12-3-1)44-27-25-32-23-24-33-26-28-45(54-50(33)49(32)53-44)35-14-8-13-34(29-35)36-18-10-22-47-48(36)43-30-42(37-15-4-5-17-39(37)52(43)56-47)41-20-9-19-40-38-16-6-7-21-46(38)55-51(40)41;1-2-13-36-34(11-1)39(38-16-9-15-37-35-12-3-4-19-45(35)53-48(37)38)29-40-47-33(14-10-20-46(47)54-49(36)40)31-23-21-30(22-24-31)32-27-43(41-17-5-7-25-50-41)52-44(28-32)42-18-6-8-26-51-42/h1-30H;1-29H. The highest BCUT2D eigenvalue weighted by molar-refractivity contribution is 6.26. The summed E-state index contributed by atoms with van der Waals surface area (Å²) < 4.78 is 26.6. The van der Waals surface area contributed by atoms with Crippen molar-refractivity contribution in [1.29, 1.82) is 0 Å². The molecule has 0 amide bonds. The van der Waals surface area contributed by atoms with Crippen LogP contribution in [0.25, 0.3) is 232 Å². The molecule has 0 N–H and O–H groups in total. The van der Waals surface area contributed by atoms with Crippen molar-refractivity contribution in [3.8, 4) is 101 Å². The summed E-state index contributed by atoms with van der Waals surface area (Å²) >= 11 is 0. The van der Waals surface area contributed by atoms with Crippen LogP contribution in [0.4, 0.5) is 0 Å². The first-order chi connectivity index (χ1) is 54.5. The Morgan fingerprint density at radius 1 is 0.182 bits per heavy atom. The van der Waals surface area contributed by atoms with Gasteiger partial charge in [-0.05, 0) is 146 Å². The van der Waals surface area contributed by atoms with E-state index in [0.29, 0.717) is 0 Å². The van der Waals surface area contributed by atoms with Gasteiger partial charge in [-0.15, -0.1) is 0 Å². The maximum Gasteiger partial charge on any atom is 0.143 e. The average Bonchev–Trinajstić information content (AvgIpc) is 1.56. The first-order valence-corrected chi connectivity index (χ1v) is 36.9. The van der Waals surface area contributed by atoms with Gasteiger partial charge in [-0.2, -0.15) is 0 Å². The van der Waals surface area contributed by atoms with Crippen LogP contribution in [0.5, 0.6) is 0 Å². The minimum Gasteiger partial charge on any atom is -0.455 e. The van der Waals surface area contributed by atoms with Crippen molar-refractivity contribution in [1.82, 2.24) is 24.9 Å². The van der Waals surface area contributed by atoms with Gasteiger partial charge in [-0.1, -0.05) is 255 Å². The van der Waals surface area contributed by atoms with Gasteiger partial charge in [0, 0.05) is 99.3 Å². The fraction of sp³-hybridized carbons (Fsp3) is 0. The molecule has 9 aromatic heterocycles. The molecule has 0 fully saturated rings. The van der Waals surface area contributed by atoms with Crippen LogP contribution in [-0.4, -0.2) is 24.9 Å². The fourth-order valence-corrected chi connectivity index (χ4v) is 16.5. The van der Waals surface area contributed by atoms with Crippen molar-refractivity contribution in [3.63, 3.8) is 0 Å². The summed E-state index contributed by atoms with van der Waals surface area (Å²) in [5.74, 6) is 0. The van der Waals surface area contributed by atoms with Crippen molar-refractivity contribution in [2.45, 2.75) is 0 Å². The Morgan fingerprint density at radius 3 is 1.11 bits per heavy atom. The zero-order valence-corrected chi connectivity index (χ0v) is 58.9. The second-order valence-corrected chi connectivity index (χ2v) is 28.0. The van der Waals surface area contributed by atoms with Gasteiger partial charge < -0.3 is 17.7 Å². The number of aromatic nitrogens is 5. The third-order valence-corrected chi connectivity index (χ3v) is 21.7. The third-order valence-electron chi connectivity index (χ3n) is 21.7. The molecular weight excluding hydrogens is 1350 g/mol. The van der Waals surface area contributed by atoms with Crippen LogP contribution < -0.4 is 0 Å². The van der Waals surface area contributed by atoms with E-state index in [1.807, 2.05) is 78.9 Å². The molecule has 9 heterocycles. The molecule has 0 saturated heterocycles. The molecule has 9 nitrogen and oxygen atoms in total. The molecule has 0 saturated carbocycles. The van der Waals surface area contributed by atoms with Crippen molar-refractivity contribution in [2.75, 3.05) is 0 Å². The monoisotopic (exact) mass is 1410 g/mol. The Morgan fingerprint density at radius 2 is 0.573 bits per heavy atom. The van der Waals surface area contributed by atoms with Crippen molar-refractivity contribution in [3.05, 3.63) is 358 Å². The molecule has 110 heavy (non-hydrogen) atoms. The molecule has 23 aromatic rings. The van der Waals surface area contributed by atoms with Crippen LogP contribution in [0.3, 0.4) is 0 Å². The van der Waals surface area contributed by atoms with Gasteiger partial charge in [0.1, 0.15) is 44.7 Å². The van der Waals surface area contributed by atoms with Gasteiger partial charge in [-0.3, -0.25) is 9.97 Å². The molecule has 0 aliphatic carbocycles. The van der Waals surface area contributed by atoms with E-state index >= 15 is 0 Å². The number of pyridine rings is 5. The van der Waals surface area contributed by atoms with Gasteiger partial charge in [-0.25, -0.2) is 15.0 Å². The summed E-state index contributed by atoms with van der Waals surface area (Å²) in [6.07, 6.45) is 3.59. The van der Waals surface area contributed by atoms with E-state index in [-0.39, 0.29) is 0 Å². The number of para-hydroxylation sites is 4. The second kappa shape index (κ2) is 25.4. The maximum atomic E-state index is 6.76. The molecule has 0 aliphatic heterocycles. The lowest BCUT2D eigenvalue weighted by Crippen LogP contribution is -1.94.